The van der Waals surface area contributed by atoms with Crippen LogP contribution in [0.3, 0.4) is 0 Å². The number of hydrogen-bond donors (Lipinski definition) is 0. The minimum Gasteiger partial charge on any atom is -0.341 e. The fourth-order valence-corrected chi connectivity index (χ4v) is 5.36. The van der Waals surface area contributed by atoms with Crippen molar-refractivity contribution in [2.24, 2.45) is 0 Å². The van der Waals surface area contributed by atoms with E-state index in [9.17, 15) is 4.79 Å². The Morgan fingerprint density at radius 1 is 1.12 bits per heavy atom. The molecule has 33 heavy (non-hydrogen) atoms. The summed E-state index contributed by atoms with van der Waals surface area (Å²) in [6.45, 7) is 6.29. The minimum atomic E-state index is 0.118. The maximum absolute atomic E-state index is 13.2. The Hall–Kier alpha value is -3.19. The van der Waals surface area contributed by atoms with Gasteiger partial charge in [-0.2, -0.15) is 0 Å². The molecule has 7 heteroatoms. The molecule has 5 rings (SSSR count). The number of carbonyl (C=O) groups is 1. The Balaban J connectivity index is 1.36. The second-order valence-electron chi connectivity index (χ2n) is 8.60. The highest BCUT2D eigenvalue weighted by molar-refractivity contribution is 7.99. The maximum Gasteiger partial charge on any atom is 0.192 e. The fourth-order valence-electron chi connectivity index (χ4n) is 4.47. The number of aryl methyl sites for hydroxylation is 1. The summed E-state index contributed by atoms with van der Waals surface area (Å²) >= 11 is 1.47. The summed E-state index contributed by atoms with van der Waals surface area (Å²) in [6.07, 6.45) is 5.80. The number of benzene rings is 1. The molecule has 3 aromatic heterocycles. The normalized spacial score (nSPS) is 14.4. The molecule has 1 aliphatic rings. The van der Waals surface area contributed by atoms with E-state index in [0.717, 1.165) is 46.3 Å². The van der Waals surface area contributed by atoms with Crippen molar-refractivity contribution in [3.8, 4) is 11.4 Å². The largest absolute Gasteiger partial charge is 0.341 e. The number of nitrogens with zero attached hydrogens (tertiary/aromatic N) is 5. The summed E-state index contributed by atoms with van der Waals surface area (Å²) in [5, 5.41) is 9.65. The number of rotatable bonds is 8. The molecule has 0 unspecified atom stereocenters. The van der Waals surface area contributed by atoms with E-state index in [2.05, 4.69) is 62.4 Å². The molecule has 1 aliphatic carbocycles. The first-order chi connectivity index (χ1) is 16.0. The summed E-state index contributed by atoms with van der Waals surface area (Å²) in [4.78, 5) is 17.5. The standard InChI is InChI=1S/C26H27N5OS/c1-17-14-23(19(3)30(17)18(2)20-8-5-4-6-9-20)24(32)16-33-26-29-28-25(31(26)22-11-12-22)21-10-7-13-27-15-21/h4-10,13-15,18,22H,11-12,16H2,1-3H3/t18-/m0/s1. The van der Waals surface area contributed by atoms with E-state index in [4.69, 9.17) is 0 Å². The van der Waals surface area contributed by atoms with Crippen LogP contribution >= 0.6 is 11.8 Å². The second-order valence-corrected chi connectivity index (χ2v) is 9.54. The minimum absolute atomic E-state index is 0.118. The Kier molecular flexibility index (Phi) is 5.89. The van der Waals surface area contributed by atoms with Gasteiger partial charge in [0.2, 0.25) is 0 Å². The Morgan fingerprint density at radius 2 is 1.91 bits per heavy atom. The first kappa shape index (κ1) is 21.6. The molecular weight excluding hydrogens is 430 g/mol. The number of pyridine rings is 1. The van der Waals surface area contributed by atoms with Crippen LogP contribution in [0.15, 0.2) is 66.1 Å². The topological polar surface area (TPSA) is 65.6 Å². The average Bonchev–Trinajstić information content (AvgIpc) is 3.52. The van der Waals surface area contributed by atoms with Crippen LogP contribution in [0.5, 0.6) is 0 Å². The molecule has 0 bridgehead atoms. The van der Waals surface area contributed by atoms with Gasteiger partial charge in [0, 0.05) is 41.0 Å². The van der Waals surface area contributed by atoms with Gasteiger partial charge in [0.25, 0.3) is 0 Å². The van der Waals surface area contributed by atoms with E-state index in [-0.39, 0.29) is 11.8 Å². The Labute approximate surface area is 198 Å². The van der Waals surface area contributed by atoms with Crippen LogP contribution in [0.1, 0.15) is 59.2 Å². The molecule has 1 saturated carbocycles. The molecule has 1 fully saturated rings. The predicted molar refractivity (Wildman–Crippen MR) is 131 cm³/mol. The van der Waals surface area contributed by atoms with Crippen molar-refractivity contribution >= 4 is 17.5 Å². The molecule has 168 valence electrons. The zero-order valence-corrected chi connectivity index (χ0v) is 19.9. The summed E-state index contributed by atoms with van der Waals surface area (Å²) < 4.78 is 4.43. The summed E-state index contributed by atoms with van der Waals surface area (Å²) in [6, 6.07) is 16.9. The van der Waals surface area contributed by atoms with Crippen molar-refractivity contribution in [3.05, 3.63) is 83.4 Å². The number of hydrogen-bond acceptors (Lipinski definition) is 5. The molecular formula is C26H27N5OS. The van der Waals surface area contributed by atoms with Crippen LogP contribution < -0.4 is 0 Å². The summed E-state index contributed by atoms with van der Waals surface area (Å²) in [7, 11) is 0. The molecule has 0 spiro atoms. The van der Waals surface area contributed by atoms with Gasteiger partial charge in [-0.05, 0) is 57.4 Å². The third-order valence-electron chi connectivity index (χ3n) is 6.28. The summed E-state index contributed by atoms with van der Waals surface area (Å²) in [5.41, 5.74) is 5.07. The van der Waals surface area contributed by atoms with Gasteiger partial charge in [-0.25, -0.2) is 0 Å². The van der Waals surface area contributed by atoms with E-state index in [1.54, 1.807) is 6.20 Å². The molecule has 1 atom stereocenters. The monoisotopic (exact) mass is 457 g/mol. The van der Waals surface area contributed by atoms with Crippen LogP contribution in [-0.2, 0) is 0 Å². The van der Waals surface area contributed by atoms with Crippen LogP contribution in [0.4, 0.5) is 0 Å². The predicted octanol–water partition coefficient (Wildman–Crippen LogP) is 5.68. The van der Waals surface area contributed by atoms with Crippen LogP contribution in [0, 0.1) is 13.8 Å². The average molecular weight is 458 g/mol. The van der Waals surface area contributed by atoms with E-state index in [0.29, 0.717) is 11.8 Å². The summed E-state index contributed by atoms with van der Waals surface area (Å²) in [5.74, 6) is 1.28. The Morgan fingerprint density at radius 3 is 2.61 bits per heavy atom. The van der Waals surface area contributed by atoms with Gasteiger partial charge in [0.05, 0.1) is 11.8 Å². The van der Waals surface area contributed by atoms with Crippen molar-refractivity contribution in [2.45, 2.75) is 50.9 Å². The quantitative estimate of drug-likeness (QED) is 0.252. The lowest BCUT2D eigenvalue weighted by Crippen LogP contribution is -2.12. The van der Waals surface area contributed by atoms with Crippen LogP contribution in [0.2, 0.25) is 0 Å². The van der Waals surface area contributed by atoms with Crippen molar-refractivity contribution in [3.63, 3.8) is 0 Å². The lowest BCUT2D eigenvalue weighted by atomic mass is 10.1. The van der Waals surface area contributed by atoms with Gasteiger partial charge < -0.3 is 4.57 Å². The number of thioether (sulfide) groups is 1. The first-order valence-corrected chi connectivity index (χ1v) is 12.3. The molecule has 0 radical (unpaired) electrons. The lowest BCUT2D eigenvalue weighted by molar-refractivity contribution is 0.102. The van der Waals surface area contributed by atoms with Crippen molar-refractivity contribution < 1.29 is 4.79 Å². The SMILES string of the molecule is Cc1cc(C(=O)CSc2nnc(-c3cccnc3)n2C2CC2)c(C)n1[C@@H](C)c1ccccc1. The number of carbonyl (C=O) groups excluding carboxylic acids is 1. The number of ketones is 1. The van der Waals surface area contributed by atoms with Gasteiger partial charge in [-0.15, -0.1) is 10.2 Å². The van der Waals surface area contributed by atoms with Crippen molar-refractivity contribution in [2.75, 3.05) is 5.75 Å². The molecule has 0 aliphatic heterocycles. The highest BCUT2D eigenvalue weighted by Crippen LogP contribution is 2.41. The van der Waals surface area contributed by atoms with Gasteiger partial charge in [0.15, 0.2) is 16.8 Å². The van der Waals surface area contributed by atoms with E-state index in [1.807, 2.05) is 37.4 Å². The molecule has 6 nitrogen and oxygen atoms in total. The molecule has 0 saturated heterocycles. The van der Waals surface area contributed by atoms with Crippen LogP contribution in [0.25, 0.3) is 11.4 Å². The molecule has 0 amide bonds. The first-order valence-electron chi connectivity index (χ1n) is 11.3. The maximum atomic E-state index is 13.2. The third kappa shape index (κ3) is 4.25. The van der Waals surface area contributed by atoms with E-state index < -0.39 is 0 Å². The van der Waals surface area contributed by atoms with Gasteiger partial charge in [0.1, 0.15) is 0 Å². The molecule has 1 aromatic carbocycles. The van der Waals surface area contributed by atoms with Crippen LogP contribution in [-0.4, -0.2) is 35.9 Å². The smallest absolute Gasteiger partial charge is 0.192 e. The zero-order valence-electron chi connectivity index (χ0n) is 19.1. The second kappa shape index (κ2) is 8.98. The zero-order chi connectivity index (χ0) is 22.9. The van der Waals surface area contributed by atoms with E-state index >= 15 is 0 Å². The fraction of sp³-hybridized carbons (Fsp3) is 0.308. The third-order valence-corrected chi connectivity index (χ3v) is 7.23. The molecule has 0 N–H and O–H groups in total. The van der Waals surface area contributed by atoms with Gasteiger partial charge in [-0.1, -0.05) is 42.1 Å². The number of aromatic nitrogens is 5. The van der Waals surface area contributed by atoms with E-state index in [1.165, 1.54) is 17.3 Å². The number of Topliss-reactive ketones (excluding diaryl/α,β-unsaturated/α-hetero) is 1. The lowest BCUT2D eigenvalue weighted by Gasteiger charge is -2.19. The van der Waals surface area contributed by atoms with Gasteiger partial charge in [-0.3, -0.25) is 14.3 Å². The molecule has 3 heterocycles. The highest BCUT2D eigenvalue weighted by Gasteiger charge is 2.30. The van der Waals surface area contributed by atoms with Gasteiger partial charge >= 0.3 is 0 Å². The van der Waals surface area contributed by atoms with Crippen molar-refractivity contribution in [1.82, 2.24) is 24.3 Å². The van der Waals surface area contributed by atoms with Crippen molar-refractivity contribution in [1.29, 1.82) is 0 Å². The highest BCUT2D eigenvalue weighted by atomic mass is 32.2. The Bertz CT molecular complexity index is 1280. The molecule has 4 aromatic rings.